The summed E-state index contributed by atoms with van der Waals surface area (Å²) in [5.41, 5.74) is 2.41. The second-order valence-corrected chi connectivity index (χ2v) is 9.35. The molecule has 3 aromatic carbocycles. The van der Waals surface area contributed by atoms with Crippen LogP contribution in [0.1, 0.15) is 18.1 Å². The Hall–Kier alpha value is -3.32. The predicted octanol–water partition coefficient (Wildman–Crippen LogP) is 4.25. The van der Waals surface area contributed by atoms with Gasteiger partial charge in [-0.3, -0.25) is 9.10 Å². The number of sulfonamides is 1. The number of carbonyl (C=O) groups is 1. The molecule has 0 aliphatic carbocycles. The lowest BCUT2D eigenvalue weighted by molar-refractivity contribution is -0.128. The molecule has 0 saturated carbocycles. The van der Waals surface area contributed by atoms with E-state index >= 15 is 0 Å². The van der Waals surface area contributed by atoms with Crippen molar-refractivity contribution in [3.05, 3.63) is 90.0 Å². The van der Waals surface area contributed by atoms with Gasteiger partial charge in [-0.05, 0) is 55.8 Å². The Kier molecular flexibility index (Phi) is 7.53. The summed E-state index contributed by atoms with van der Waals surface area (Å²) < 4.78 is 33.6. The van der Waals surface area contributed by atoms with Gasteiger partial charge in [0.15, 0.2) is 0 Å². The first-order valence-corrected chi connectivity index (χ1v) is 11.9. The number of carbonyl (C=O) groups excluding carboxylic acids is 1. The minimum atomic E-state index is -3.97. The molecule has 0 aliphatic heterocycles. The van der Waals surface area contributed by atoms with Gasteiger partial charge in [0.05, 0.1) is 17.2 Å². The van der Waals surface area contributed by atoms with Crippen LogP contribution >= 0.6 is 0 Å². The molecular formula is C25H28N2O4S. The van der Waals surface area contributed by atoms with Crippen LogP contribution in [0.3, 0.4) is 0 Å². The first-order chi connectivity index (χ1) is 15.3. The van der Waals surface area contributed by atoms with E-state index in [1.165, 1.54) is 17.0 Å². The van der Waals surface area contributed by atoms with Gasteiger partial charge in [0.25, 0.3) is 10.0 Å². The van der Waals surface area contributed by atoms with Crippen molar-refractivity contribution in [2.75, 3.05) is 24.5 Å². The highest BCUT2D eigenvalue weighted by atomic mass is 32.2. The molecule has 3 aromatic rings. The molecule has 1 amide bonds. The molecule has 0 atom stereocenters. The fourth-order valence-electron chi connectivity index (χ4n) is 3.22. The average molecular weight is 453 g/mol. The maximum atomic E-state index is 13.5. The highest BCUT2D eigenvalue weighted by Crippen LogP contribution is 2.26. The second kappa shape index (κ2) is 10.3. The molecule has 0 N–H and O–H groups in total. The van der Waals surface area contributed by atoms with Crippen LogP contribution in [0.2, 0.25) is 0 Å². The number of nitrogens with zero attached hydrogens (tertiary/aromatic N) is 2. The van der Waals surface area contributed by atoms with Crippen molar-refractivity contribution in [3.63, 3.8) is 0 Å². The van der Waals surface area contributed by atoms with Crippen molar-refractivity contribution >= 4 is 21.6 Å². The van der Waals surface area contributed by atoms with E-state index in [0.717, 1.165) is 15.4 Å². The fraction of sp³-hybridized carbons (Fsp3) is 0.240. The van der Waals surface area contributed by atoms with E-state index < -0.39 is 10.0 Å². The molecule has 0 fully saturated rings. The number of hydrogen-bond acceptors (Lipinski definition) is 4. The van der Waals surface area contributed by atoms with E-state index in [1.807, 2.05) is 56.3 Å². The van der Waals surface area contributed by atoms with E-state index in [2.05, 4.69) is 0 Å². The summed E-state index contributed by atoms with van der Waals surface area (Å²) in [5.74, 6) is 0.288. The van der Waals surface area contributed by atoms with Gasteiger partial charge < -0.3 is 9.64 Å². The van der Waals surface area contributed by atoms with Gasteiger partial charge in [0.1, 0.15) is 12.3 Å². The number of amides is 1. The third kappa shape index (κ3) is 5.68. The Bertz CT molecular complexity index is 1130. The summed E-state index contributed by atoms with van der Waals surface area (Å²) >= 11 is 0. The van der Waals surface area contributed by atoms with Crippen molar-refractivity contribution < 1.29 is 17.9 Å². The van der Waals surface area contributed by atoms with Crippen molar-refractivity contribution in [1.29, 1.82) is 0 Å². The van der Waals surface area contributed by atoms with E-state index in [1.54, 1.807) is 31.3 Å². The standard InChI is InChI=1S/C25H28N2O4S/c1-4-31-23-14-16-24(17-15-23)32(29,30)27(22-12-10-20(2)11-13-22)19-25(28)26(3)18-21-8-6-5-7-9-21/h5-17H,4,18-19H2,1-3H3. The van der Waals surface area contributed by atoms with Crippen molar-refractivity contribution in [2.24, 2.45) is 0 Å². The number of aryl methyl sites for hydroxylation is 1. The lowest BCUT2D eigenvalue weighted by atomic mass is 10.2. The number of likely N-dealkylation sites (N-methyl/N-ethyl adjacent to an activating group) is 1. The third-order valence-electron chi connectivity index (χ3n) is 5.01. The quantitative estimate of drug-likeness (QED) is 0.487. The van der Waals surface area contributed by atoms with Gasteiger partial charge in [0.2, 0.25) is 5.91 Å². The van der Waals surface area contributed by atoms with Gasteiger partial charge in [-0.15, -0.1) is 0 Å². The largest absolute Gasteiger partial charge is 0.494 e. The number of anilines is 1. The van der Waals surface area contributed by atoms with Gasteiger partial charge in [-0.1, -0.05) is 48.0 Å². The fourth-order valence-corrected chi connectivity index (χ4v) is 4.63. The maximum Gasteiger partial charge on any atom is 0.264 e. The number of ether oxygens (including phenoxy) is 1. The summed E-state index contributed by atoms with van der Waals surface area (Å²) in [7, 11) is -2.30. The third-order valence-corrected chi connectivity index (χ3v) is 6.80. The molecule has 0 spiro atoms. The summed E-state index contributed by atoms with van der Waals surface area (Å²) in [6, 6.07) is 22.9. The van der Waals surface area contributed by atoms with Gasteiger partial charge in [-0.25, -0.2) is 8.42 Å². The number of rotatable bonds is 9. The van der Waals surface area contributed by atoms with E-state index in [-0.39, 0.29) is 17.3 Å². The second-order valence-electron chi connectivity index (χ2n) is 7.49. The molecule has 0 bridgehead atoms. The smallest absolute Gasteiger partial charge is 0.264 e. The Labute approximate surface area is 190 Å². The van der Waals surface area contributed by atoms with Crippen LogP contribution in [0.4, 0.5) is 5.69 Å². The molecule has 32 heavy (non-hydrogen) atoms. The number of benzene rings is 3. The highest BCUT2D eigenvalue weighted by molar-refractivity contribution is 7.92. The molecule has 0 unspecified atom stereocenters. The normalized spacial score (nSPS) is 11.1. The zero-order valence-electron chi connectivity index (χ0n) is 18.6. The molecule has 0 aromatic heterocycles. The summed E-state index contributed by atoms with van der Waals surface area (Å²) in [6.07, 6.45) is 0. The molecule has 6 nitrogen and oxygen atoms in total. The zero-order chi connectivity index (χ0) is 23.1. The number of hydrogen-bond donors (Lipinski definition) is 0. The Morgan fingerprint density at radius 1 is 0.906 bits per heavy atom. The monoisotopic (exact) mass is 452 g/mol. The van der Waals surface area contributed by atoms with Gasteiger partial charge >= 0.3 is 0 Å². The van der Waals surface area contributed by atoms with Crippen LogP contribution in [0.25, 0.3) is 0 Å². The summed E-state index contributed by atoms with van der Waals surface area (Å²) in [4.78, 5) is 14.6. The van der Waals surface area contributed by atoms with Crippen LogP contribution in [0.15, 0.2) is 83.8 Å². The van der Waals surface area contributed by atoms with Crippen LogP contribution in [-0.2, 0) is 21.4 Å². The highest BCUT2D eigenvalue weighted by Gasteiger charge is 2.28. The lowest BCUT2D eigenvalue weighted by Crippen LogP contribution is -2.41. The zero-order valence-corrected chi connectivity index (χ0v) is 19.4. The average Bonchev–Trinajstić information content (AvgIpc) is 2.79. The topological polar surface area (TPSA) is 66.9 Å². The van der Waals surface area contributed by atoms with Crippen LogP contribution in [0.5, 0.6) is 5.75 Å². The molecule has 168 valence electrons. The van der Waals surface area contributed by atoms with Crippen molar-refractivity contribution in [3.8, 4) is 5.75 Å². The van der Waals surface area contributed by atoms with E-state index in [0.29, 0.717) is 24.6 Å². The molecular weight excluding hydrogens is 424 g/mol. The van der Waals surface area contributed by atoms with Crippen LogP contribution in [0, 0.1) is 6.92 Å². The van der Waals surface area contributed by atoms with Crippen molar-refractivity contribution in [2.45, 2.75) is 25.3 Å². The summed E-state index contributed by atoms with van der Waals surface area (Å²) in [5, 5.41) is 0. The lowest BCUT2D eigenvalue weighted by Gasteiger charge is -2.27. The van der Waals surface area contributed by atoms with Gasteiger partial charge in [0, 0.05) is 13.6 Å². The maximum absolute atomic E-state index is 13.5. The van der Waals surface area contributed by atoms with E-state index in [9.17, 15) is 13.2 Å². The SMILES string of the molecule is CCOc1ccc(S(=O)(=O)N(CC(=O)N(C)Cc2ccccc2)c2ccc(C)cc2)cc1. The minimum Gasteiger partial charge on any atom is -0.494 e. The van der Waals surface area contributed by atoms with Crippen LogP contribution < -0.4 is 9.04 Å². The molecule has 0 aliphatic rings. The Morgan fingerprint density at radius 3 is 2.12 bits per heavy atom. The minimum absolute atomic E-state index is 0.0973. The molecule has 0 saturated heterocycles. The molecule has 7 heteroatoms. The van der Waals surface area contributed by atoms with Crippen molar-refractivity contribution in [1.82, 2.24) is 4.90 Å². The Balaban J connectivity index is 1.89. The molecule has 0 heterocycles. The predicted molar refractivity (Wildman–Crippen MR) is 126 cm³/mol. The van der Waals surface area contributed by atoms with Crippen LogP contribution in [-0.4, -0.2) is 39.4 Å². The first kappa shape index (κ1) is 23.3. The molecule has 0 radical (unpaired) electrons. The molecule has 3 rings (SSSR count). The first-order valence-electron chi connectivity index (χ1n) is 10.4. The summed E-state index contributed by atoms with van der Waals surface area (Å²) in [6.45, 7) is 4.37. The Morgan fingerprint density at radius 2 is 1.53 bits per heavy atom. The van der Waals surface area contributed by atoms with Gasteiger partial charge in [-0.2, -0.15) is 0 Å². The van der Waals surface area contributed by atoms with E-state index in [4.69, 9.17) is 4.74 Å².